The summed E-state index contributed by atoms with van der Waals surface area (Å²) in [5.74, 6) is -1.69. The molecule has 0 aliphatic carbocycles. The van der Waals surface area contributed by atoms with Gasteiger partial charge in [0, 0.05) is 16.5 Å². The van der Waals surface area contributed by atoms with Crippen molar-refractivity contribution < 1.29 is 18.4 Å². The Kier molecular flexibility index (Phi) is 4.56. The number of fused-ring (bicyclic) bond motifs is 1. The molecule has 1 aromatic heterocycles. The summed E-state index contributed by atoms with van der Waals surface area (Å²) in [6.07, 6.45) is 0. The van der Waals surface area contributed by atoms with E-state index in [2.05, 4.69) is 0 Å². The molecule has 3 aromatic carbocycles. The maximum Gasteiger partial charge on any atom is 0.248 e. The highest BCUT2D eigenvalue weighted by molar-refractivity contribution is 6.35. The highest BCUT2D eigenvalue weighted by atomic mass is 35.5. The quantitative estimate of drug-likeness (QED) is 0.473. The van der Waals surface area contributed by atoms with Crippen LogP contribution in [0, 0.1) is 5.82 Å². The number of hydrogen-bond donors (Lipinski definition) is 2. The zero-order chi connectivity index (χ0) is 20.7. The number of carbonyl (C=O) groups excluding carboxylic acids is 2. The van der Waals surface area contributed by atoms with Crippen molar-refractivity contribution in [2.75, 3.05) is 5.73 Å². The van der Waals surface area contributed by atoms with Crippen LogP contribution in [-0.4, -0.2) is 11.7 Å². The van der Waals surface area contributed by atoms with Crippen molar-refractivity contribution in [3.05, 3.63) is 88.4 Å². The third-order valence-corrected chi connectivity index (χ3v) is 4.90. The van der Waals surface area contributed by atoms with Crippen LogP contribution in [0.5, 0.6) is 0 Å². The average molecular weight is 409 g/mol. The minimum atomic E-state index is -0.549. The lowest BCUT2D eigenvalue weighted by Crippen LogP contribution is -2.10. The SMILES string of the molecule is NC(=O)c1cccc(-c2ccc3c(N)c(C(=O)c4ccc(F)cc4Cl)oc3c2)c1. The van der Waals surface area contributed by atoms with Crippen molar-refractivity contribution in [1.29, 1.82) is 0 Å². The number of halogens is 2. The summed E-state index contributed by atoms with van der Waals surface area (Å²) < 4.78 is 19.0. The molecule has 0 radical (unpaired) electrons. The molecule has 4 rings (SSSR count). The maximum atomic E-state index is 13.3. The zero-order valence-corrected chi connectivity index (χ0v) is 15.7. The second-order valence-corrected chi connectivity index (χ2v) is 6.86. The predicted molar refractivity (Wildman–Crippen MR) is 109 cm³/mol. The van der Waals surface area contributed by atoms with Crippen LogP contribution >= 0.6 is 11.6 Å². The third-order valence-electron chi connectivity index (χ3n) is 4.59. The molecular weight excluding hydrogens is 395 g/mol. The largest absolute Gasteiger partial charge is 0.450 e. The number of rotatable bonds is 4. The minimum absolute atomic E-state index is 0.0289. The molecule has 0 atom stereocenters. The minimum Gasteiger partial charge on any atom is -0.450 e. The van der Waals surface area contributed by atoms with E-state index in [-0.39, 0.29) is 22.0 Å². The fourth-order valence-corrected chi connectivity index (χ4v) is 3.37. The summed E-state index contributed by atoms with van der Waals surface area (Å²) in [6.45, 7) is 0. The number of primary amides is 1. The molecule has 1 heterocycles. The lowest BCUT2D eigenvalue weighted by Gasteiger charge is -2.03. The third kappa shape index (κ3) is 3.34. The number of anilines is 1. The molecule has 1 amide bonds. The van der Waals surface area contributed by atoms with Gasteiger partial charge in [0.2, 0.25) is 11.7 Å². The van der Waals surface area contributed by atoms with E-state index in [0.717, 1.165) is 23.3 Å². The Hall–Kier alpha value is -3.64. The first-order valence-corrected chi connectivity index (χ1v) is 8.95. The molecule has 0 bridgehead atoms. The maximum absolute atomic E-state index is 13.3. The van der Waals surface area contributed by atoms with Gasteiger partial charge in [0.25, 0.3) is 0 Å². The standard InChI is InChI=1S/C22H14ClFN2O3/c23-17-10-14(24)5-7-15(17)20(27)21-19(25)16-6-4-12(9-18(16)29-21)11-2-1-3-13(8-11)22(26)28/h1-10H,25H2,(H2,26,28). The van der Waals surface area contributed by atoms with Crippen LogP contribution in [0.1, 0.15) is 26.5 Å². The molecule has 7 heteroatoms. The first-order valence-electron chi connectivity index (χ1n) is 8.57. The van der Waals surface area contributed by atoms with Gasteiger partial charge in [-0.05, 0) is 53.6 Å². The van der Waals surface area contributed by atoms with Gasteiger partial charge in [-0.25, -0.2) is 4.39 Å². The summed E-state index contributed by atoms with van der Waals surface area (Å²) >= 11 is 5.99. The number of amides is 1. The number of hydrogen-bond acceptors (Lipinski definition) is 4. The number of ketones is 1. The molecule has 0 saturated carbocycles. The smallest absolute Gasteiger partial charge is 0.248 e. The van der Waals surface area contributed by atoms with Crippen LogP contribution in [0.15, 0.2) is 65.1 Å². The monoisotopic (exact) mass is 408 g/mol. The molecule has 5 nitrogen and oxygen atoms in total. The fourth-order valence-electron chi connectivity index (χ4n) is 3.11. The Balaban J connectivity index is 1.79. The van der Waals surface area contributed by atoms with Crippen LogP contribution in [0.25, 0.3) is 22.1 Å². The Morgan fingerprint density at radius 1 is 0.966 bits per heavy atom. The molecule has 0 unspecified atom stereocenters. The molecule has 0 aliphatic rings. The van der Waals surface area contributed by atoms with E-state index >= 15 is 0 Å². The highest BCUT2D eigenvalue weighted by Crippen LogP contribution is 2.34. The summed E-state index contributed by atoms with van der Waals surface area (Å²) in [7, 11) is 0. The Bertz CT molecular complexity index is 1300. The van der Waals surface area contributed by atoms with Gasteiger partial charge in [-0.1, -0.05) is 29.8 Å². The summed E-state index contributed by atoms with van der Waals surface area (Å²) in [5, 5.41) is 0.528. The molecule has 0 spiro atoms. The van der Waals surface area contributed by atoms with Crippen LogP contribution in [0.3, 0.4) is 0 Å². The van der Waals surface area contributed by atoms with Crippen LogP contribution in [0.4, 0.5) is 10.1 Å². The van der Waals surface area contributed by atoms with E-state index in [9.17, 15) is 14.0 Å². The van der Waals surface area contributed by atoms with Crippen molar-refractivity contribution >= 4 is 39.9 Å². The Morgan fingerprint density at radius 2 is 1.72 bits per heavy atom. The average Bonchev–Trinajstić information content (AvgIpc) is 3.03. The van der Waals surface area contributed by atoms with Crippen LogP contribution in [0.2, 0.25) is 5.02 Å². The molecule has 0 saturated heterocycles. The van der Waals surface area contributed by atoms with Gasteiger partial charge >= 0.3 is 0 Å². The molecule has 0 fully saturated rings. The van der Waals surface area contributed by atoms with Crippen molar-refractivity contribution in [2.24, 2.45) is 5.73 Å². The van der Waals surface area contributed by atoms with E-state index in [0.29, 0.717) is 16.5 Å². The second kappa shape index (κ2) is 7.07. The second-order valence-electron chi connectivity index (χ2n) is 6.45. The Labute approximate surface area is 169 Å². The number of nitrogen functional groups attached to an aromatic ring is 1. The van der Waals surface area contributed by atoms with Crippen molar-refractivity contribution in [2.45, 2.75) is 0 Å². The van der Waals surface area contributed by atoms with Gasteiger partial charge in [-0.3, -0.25) is 9.59 Å². The van der Waals surface area contributed by atoms with Crippen molar-refractivity contribution in [1.82, 2.24) is 0 Å². The number of furan rings is 1. The molecule has 4 aromatic rings. The first kappa shape index (κ1) is 18.7. The number of carbonyl (C=O) groups is 2. The van der Waals surface area contributed by atoms with E-state index < -0.39 is 17.5 Å². The van der Waals surface area contributed by atoms with Crippen molar-refractivity contribution in [3.8, 4) is 11.1 Å². The highest BCUT2D eigenvalue weighted by Gasteiger charge is 2.22. The summed E-state index contributed by atoms with van der Waals surface area (Å²) in [4.78, 5) is 24.2. The molecule has 144 valence electrons. The summed E-state index contributed by atoms with van der Waals surface area (Å²) in [5.41, 5.74) is 14.0. The van der Waals surface area contributed by atoms with Crippen molar-refractivity contribution in [3.63, 3.8) is 0 Å². The normalized spacial score (nSPS) is 11.0. The summed E-state index contributed by atoms with van der Waals surface area (Å²) in [6, 6.07) is 15.6. The van der Waals surface area contributed by atoms with E-state index in [1.54, 1.807) is 36.4 Å². The van der Waals surface area contributed by atoms with Gasteiger partial charge in [0.1, 0.15) is 11.4 Å². The van der Waals surface area contributed by atoms with E-state index in [1.807, 2.05) is 6.07 Å². The van der Waals surface area contributed by atoms with Crippen LogP contribution in [-0.2, 0) is 0 Å². The lowest BCUT2D eigenvalue weighted by molar-refractivity contribution is 0.0996. The fraction of sp³-hybridized carbons (Fsp3) is 0. The van der Waals surface area contributed by atoms with E-state index in [1.165, 1.54) is 6.07 Å². The zero-order valence-electron chi connectivity index (χ0n) is 14.9. The van der Waals surface area contributed by atoms with E-state index in [4.69, 9.17) is 27.5 Å². The topological polar surface area (TPSA) is 99.3 Å². The van der Waals surface area contributed by atoms with Gasteiger partial charge in [-0.2, -0.15) is 0 Å². The molecular formula is C22H14ClFN2O3. The molecule has 0 aliphatic heterocycles. The number of nitrogens with two attached hydrogens (primary N) is 2. The lowest BCUT2D eigenvalue weighted by atomic mass is 10.0. The Morgan fingerprint density at radius 3 is 2.45 bits per heavy atom. The number of benzene rings is 3. The first-order chi connectivity index (χ1) is 13.8. The van der Waals surface area contributed by atoms with Gasteiger partial charge in [0.05, 0.1) is 10.7 Å². The van der Waals surface area contributed by atoms with Crippen LogP contribution < -0.4 is 11.5 Å². The predicted octanol–water partition coefficient (Wildman–Crippen LogP) is 4.80. The molecule has 29 heavy (non-hydrogen) atoms. The van der Waals surface area contributed by atoms with Gasteiger partial charge < -0.3 is 15.9 Å². The molecule has 4 N–H and O–H groups in total. The van der Waals surface area contributed by atoms with Gasteiger partial charge in [0.15, 0.2) is 5.76 Å². The van der Waals surface area contributed by atoms with Gasteiger partial charge in [-0.15, -0.1) is 0 Å².